The van der Waals surface area contributed by atoms with E-state index in [1.165, 1.54) is 12.1 Å². The molecule has 0 saturated carbocycles. The topological polar surface area (TPSA) is 67.2 Å². The lowest BCUT2D eigenvalue weighted by Crippen LogP contribution is -2.41. The highest BCUT2D eigenvalue weighted by Crippen LogP contribution is 2.26. The lowest BCUT2D eigenvalue weighted by Gasteiger charge is -2.32. The second kappa shape index (κ2) is 11.0. The monoisotopic (exact) mass is 472 g/mol. The van der Waals surface area contributed by atoms with Crippen molar-refractivity contribution in [3.8, 4) is 0 Å². The van der Waals surface area contributed by atoms with Crippen molar-refractivity contribution in [1.29, 1.82) is 0 Å². The highest BCUT2D eigenvalue weighted by molar-refractivity contribution is 5.89. The minimum absolute atomic E-state index is 0.113. The van der Waals surface area contributed by atoms with E-state index >= 15 is 0 Å². The Morgan fingerprint density at radius 1 is 1.00 bits per heavy atom. The third-order valence-corrected chi connectivity index (χ3v) is 5.98. The minimum Gasteiger partial charge on any atom is -0.314 e. The Labute approximate surface area is 204 Å². The van der Waals surface area contributed by atoms with E-state index < -0.39 is 17.9 Å². The van der Waals surface area contributed by atoms with Crippen molar-refractivity contribution in [2.45, 2.75) is 39.3 Å². The Morgan fingerprint density at radius 2 is 1.69 bits per heavy atom. The molecule has 0 fully saturated rings. The van der Waals surface area contributed by atoms with Crippen LogP contribution in [0.3, 0.4) is 0 Å². The number of aromatic nitrogens is 2. The Bertz CT molecular complexity index is 1370. The van der Waals surface area contributed by atoms with Gasteiger partial charge in [0, 0.05) is 6.54 Å². The molecule has 0 radical (unpaired) electrons. The van der Waals surface area contributed by atoms with Crippen LogP contribution in [0.2, 0.25) is 0 Å². The molecule has 0 aliphatic heterocycles. The molecule has 180 valence electrons. The Balaban J connectivity index is 1.81. The number of para-hydroxylation sites is 2. The number of anilines is 1. The molecule has 3 aromatic carbocycles. The van der Waals surface area contributed by atoms with E-state index in [0.29, 0.717) is 42.7 Å². The average Bonchev–Trinajstić information content (AvgIpc) is 2.88. The Morgan fingerprint density at radius 3 is 2.40 bits per heavy atom. The SMILES string of the molecule is CCCN(C(=O)Nc1ccccc1F)C(CC)c1nc2ccccc2c(=O)n1Cc1ccccc1. The summed E-state index contributed by atoms with van der Waals surface area (Å²) in [6.07, 6.45) is 1.22. The molecule has 0 saturated heterocycles. The quantitative estimate of drug-likeness (QED) is 0.343. The molecule has 1 unspecified atom stereocenters. The van der Waals surface area contributed by atoms with Crippen molar-refractivity contribution in [3.63, 3.8) is 0 Å². The average molecular weight is 473 g/mol. The van der Waals surface area contributed by atoms with E-state index in [-0.39, 0.29) is 11.2 Å². The predicted molar refractivity (Wildman–Crippen MR) is 137 cm³/mol. The van der Waals surface area contributed by atoms with Crippen molar-refractivity contribution >= 4 is 22.6 Å². The highest BCUT2D eigenvalue weighted by atomic mass is 19.1. The van der Waals surface area contributed by atoms with Gasteiger partial charge in [0.15, 0.2) is 0 Å². The van der Waals surface area contributed by atoms with Crippen LogP contribution in [-0.4, -0.2) is 27.0 Å². The highest BCUT2D eigenvalue weighted by Gasteiger charge is 2.28. The van der Waals surface area contributed by atoms with Gasteiger partial charge in [-0.1, -0.05) is 68.4 Å². The van der Waals surface area contributed by atoms with Gasteiger partial charge < -0.3 is 10.2 Å². The molecule has 0 bridgehead atoms. The van der Waals surface area contributed by atoms with Crippen molar-refractivity contribution in [2.24, 2.45) is 0 Å². The van der Waals surface area contributed by atoms with Crippen molar-refractivity contribution in [2.75, 3.05) is 11.9 Å². The number of nitrogens with zero attached hydrogens (tertiary/aromatic N) is 3. The zero-order valence-corrected chi connectivity index (χ0v) is 19.9. The largest absolute Gasteiger partial charge is 0.322 e. The van der Waals surface area contributed by atoms with Gasteiger partial charge in [-0.15, -0.1) is 0 Å². The van der Waals surface area contributed by atoms with Gasteiger partial charge in [0.2, 0.25) is 0 Å². The molecule has 4 aromatic rings. The first kappa shape index (κ1) is 24.1. The van der Waals surface area contributed by atoms with Gasteiger partial charge in [-0.3, -0.25) is 9.36 Å². The van der Waals surface area contributed by atoms with Gasteiger partial charge in [-0.2, -0.15) is 0 Å². The summed E-state index contributed by atoms with van der Waals surface area (Å²) in [6, 6.07) is 22.1. The number of nitrogens with one attached hydrogen (secondary N) is 1. The van der Waals surface area contributed by atoms with Gasteiger partial charge in [-0.25, -0.2) is 14.2 Å². The minimum atomic E-state index is -0.504. The van der Waals surface area contributed by atoms with Gasteiger partial charge in [-0.05, 0) is 42.7 Å². The summed E-state index contributed by atoms with van der Waals surface area (Å²) >= 11 is 0. The van der Waals surface area contributed by atoms with Crippen molar-refractivity contribution in [3.05, 3.63) is 106 Å². The predicted octanol–water partition coefficient (Wildman–Crippen LogP) is 5.98. The van der Waals surface area contributed by atoms with Crippen LogP contribution in [0.25, 0.3) is 10.9 Å². The summed E-state index contributed by atoms with van der Waals surface area (Å²) in [6.45, 7) is 4.68. The standard InChI is InChI=1S/C28H29FN4O2/c1-3-18-32(28(35)31-24-17-11-9-15-22(24)29)25(4-2)26-30-23-16-10-8-14-21(23)27(34)33(26)19-20-12-6-5-7-13-20/h5-17,25H,3-4,18-19H2,1-2H3,(H,31,35). The molecular formula is C28H29FN4O2. The number of amides is 2. The van der Waals surface area contributed by atoms with E-state index in [2.05, 4.69) is 5.32 Å². The van der Waals surface area contributed by atoms with Crippen LogP contribution in [-0.2, 0) is 6.54 Å². The maximum Gasteiger partial charge on any atom is 0.322 e. The van der Waals surface area contributed by atoms with Gasteiger partial charge in [0.05, 0.1) is 29.2 Å². The first-order valence-corrected chi connectivity index (χ1v) is 11.9. The summed E-state index contributed by atoms with van der Waals surface area (Å²) in [5.41, 5.74) is 1.50. The summed E-state index contributed by atoms with van der Waals surface area (Å²) < 4.78 is 15.9. The second-order valence-electron chi connectivity index (χ2n) is 8.39. The van der Waals surface area contributed by atoms with Gasteiger partial charge in [0.1, 0.15) is 11.6 Å². The maximum absolute atomic E-state index is 14.2. The van der Waals surface area contributed by atoms with Gasteiger partial charge in [0.25, 0.3) is 5.56 Å². The number of fused-ring (bicyclic) bond motifs is 1. The van der Waals surface area contributed by atoms with Crippen LogP contribution >= 0.6 is 0 Å². The first-order chi connectivity index (χ1) is 17.0. The van der Waals surface area contributed by atoms with Crippen molar-refractivity contribution in [1.82, 2.24) is 14.5 Å². The fraction of sp³-hybridized carbons (Fsp3) is 0.250. The summed E-state index contributed by atoms with van der Waals surface area (Å²) in [7, 11) is 0. The molecule has 0 spiro atoms. The molecule has 1 N–H and O–H groups in total. The number of halogens is 1. The molecule has 6 nitrogen and oxygen atoms in total. The van der Waals surface area contributed by atoms with Gasteiger partial charge >= 0.3 is 6.03 Å². The van der Waals surface area contributed by atoms with E-state index in [4.69, 9.17) is 4.98 Å². The smallest absolute Gasteiger partial charge is 0.314 e. The van der Waals surface area contributed by atoms with E-state index in [1.54, 1.807) is 27.7 Å². The van der Waals surface area contributed by atoms with Crippen LogP contribution in [0.4, 0.5) is 14.9 Å². The van der Waals surface area contributed by atoms with Crippen LogP contribution in [0.15, 0.2) is 83.7 Å². The number of rotatable bonds is 8. The molecule has 35 heavy (non-hydrogen) atoms. The van der Waals surface area contributed by atoms with Crippen molar-refractivity contribution < 1.29 is 9.18 Å². The maximum atomic E-state index is 14.2. The molecule has 7 heteroatoms. The first-order valence-electron chi connectivity index (χ1n) is 11.9. The molecule has 1 heterocycles. The zero-order valence-electron chi connectivity index (χ0n) is 19.9. The number of urea groups is 1. The third kappa shape index (κ3) is 5.24. The molecule has 0 aliphatic rings. The normalized spacial score (nSPS) is 11.9. The summed E-state index contributed by atoms with van der Waals surface area (Å²) in [5.74, 6) is 0.00681. The number of carbonyl (C=O) groups is 1. The Kier molecular flexibility index (Phi) is 7.55. The van der Waals surface area contributed by atoms with Crippen LogP contribution in [0.1, 0.15) is 44.1 Å². The van der Waals surface area contributed by atoms with Crippen LogP contribution in [0, 0.1) is 5.82 Å². The van der Waals surface area contributed by atoms with Crippen LogP contribution in [0.5, 0.6) is 0 Å². The van der Waals surface area contributed by atoms with E-state index in [9.17, 15) is 14.0 Å². The molecule has 1 atom stereocenters. The molecule has 0 aliphatic carbocycles. The Hall–Kier alpha value is -4.00. The fourth-order valence-electron chi connectivity index (χ4n) is 4.29. The number of benzene rings is 3. The lowest BCUT2D eigenvalue weighted by atomic mass is 10.1. The second-order valence-corrected chi connectivity index (χ2v) is 8.39. The van der Waals surface area contributed by atoms with E-state index in [0.717, 1.165) is 5.56 Å². The number of carbonyl (C=O) groups excluding carboxylic acids is 1. The molecule has 2 amide bonds. The number of hydrogen-bond donors (Lipinski definition) is 1. The lowest BCUT2D eigenvalue weighted by molar-refractivity contribution is 0.180. The third-order valence-electron chi connectivity index (χ3n) is 5.98. The summed E-state index contributed by atoms with van der Waals surface area (Å²) in [4.78, 5) is 33.5. The zero-order chi connectivity index (χ0) is 24.8. The number of hydrogen-bond acceptors (Lipinski definition) is 3. The molecule has 1 aromatic heterocycles. The molecule has 4 rings (SSSR count). The fourth-order valence-corrected chi connectivity index (χ4v) is 4.29. The van der Waals surface area contributed by atoms with Crippen LogP contribution < -0.4 is 10.9 Å². The molecular weight excluding hydrogens is 443 g/mol. The van der Waals surface area contributed by atoms with E-state index in [1.807, 2.05) is 62.4 Å². The summed E-state index contributed by atoms with van der Waals surface area (Å²) in [5, 5.41) is 3.23.